The Balaban J connectivity index is 1.66. The molecule has 2 saturated carbocycles. The van der Waals surface area contributed by atoms with Gasteiger partial charge < -0.3 is 28.5 Å². The number of pyridine rings is 1. The molecule has 1 unspecified atom stereocenters. The van der Waals surface area contributed by atoms with E-state index in [1.165, 1.54) is 20.8 Å². The summed E-state index contributed by atoms with van der Waals surface area (Å²) in [6, 6.07) is 5.00. The van der Waals surface area contributed by atoms with Crippen LogP contribution >= 0.6 is 0 Å². The van der Waals surface area contributed by atoms with Gasteiger partial charge in [0.25, 0.3) is 0 Å². The van der Waals surface area contributed by atoms with Gasteiger partial charge in [-0.15, -0.1) is 0 Å². The minimum atomic E-state index is -1.34. The quantitative estimate of drug-likeness (QED) is 0.405. The molecule has 2 aromatic heterocycles. The molecule has 42 heavy (non-hydrogen) atoms. The van der Waals surface area contributed by atoms with Crippen LogP contribution in [0.1, 0.15) is 72.5 Å². The van der Waals surface area contributed by atoms with Crippen LogP contribution in [0.15, 0.2) is 39.8 Å². The van der Waals surface area contributed by atoms with Crippen LogP contribution in [0, 0.1) is 22.7 Å². The number of carbonyl (C=O) groups is 3. The zero-order valence-corrected chi connectivity index (χ0v) is 24.7. The molecule has 1 N–H and O–H groups in total. The molecule has 3 heterocycles. The van der Waals surface area contributed by atoms with Crippen LogP contribution < -0.4 is 10.4 Å². The first-order valence-electron chi connectivity index (χ1n) is 14.1. The third-order valence-corrected chi connectivity index (χ3v) is 9.73. The summed E-state index contributed by atoms with van der Waals surface area (Å²) in [6.07, 6.45) is 1.53. The molecule has 1 aliphatic heterocycles. The third kappa shape index (κ3) is 4.77. The molecule has 0 saturated heterocycles. The monoisotopic (exact) mass is 583 g/mol. The number of carbonyl (C=O) groups excluding carboxylic acids is 3. The molecule has 226 valence electrons. The van der Waals surface area contributed by atoms with Crippen molar-refractivity contribution in [3.63, 3.8) is 0 Å². The van der Waals surface area contributed by atoms with Gasteiger partial charge in [-0.1, -0.05) is 13.8 Å². The summed E-state index contributed by atoms with van der Waals surface area (Å²) in [4.78, 5) is 54.0. The van der Waals surface area contributed by atoms with Crippen molar-refractivity contribution >= 4 is 17.9 Å². The molecule has 2 aromatic rings. The van der Waals surface area contributed by atoms with Crippen LogP contribution in [0.25, 0.3) is 11.3 Å². The molecule has 0 amide bonds. The van der Waals surface area contributed by atoms with E-state index in [9.17, 15) is 24.3 Å². The molecule has 2 aliphatic carbocycles. The highest BCUT2D eigenvalue weighted by molar-refractivity contribution is 5.67. The number of esters is 3. The van der Waals surface area contributed by atoms with Crippen molar-refractivity contribution in [2.45, 2.75) is 84.7 Å². The zero-order valence-electron chi connectivity index (χ0n) is 24.7. The predicted octanol–water partition coefficient (Wildman–Crippen LogP) is 3.76. The number of aliphatic hydroxyl groups excluding tert-OH is 1. The number of rotatable bonds is 5. The Hall–Kier alpha value is -3.73. The van der Waals surface area contributed by atoms with Crippen molar-refractivity contribution in [3.05, 3.63) is 46.6 Å². The maximum atomic E-state index is 13.4. The summed E-state index contributed by atoms with van der Waals surface area (Å²) < 4.78 is 29.5. The van der Waals surface area contributed by atoms with Crippen molar-refractivity contribution in [2.24, 2.45) is 22.7 Å². The average molecular weight is 584 g/mol. The molecular formula is C31H37NO10. The maximum absolute atomic E-state index is 13.4. The highest BCUT2D eigenvalue weighted by Gasteiger charge is 2.70. The number of hydrogen-bond donors (Lipinski definition) is 1. The third-order valence-electron chi connectivity index (χ3n) is 9.73. The predicted molar refractivity (Wildman–Crippen MR) is 147 cm³/mol. The topological polar surface area (TPSA) is 151 Å². The van der Waals surface area contributed by atoms with Gasteiger partial charge in [0.1, 0.15) is 41.5 Å². The first kappa shape index (κ1) is 29.8. The standard InChI is InChI=1S/C31H37NO10/c1-16(33)38-15-30(5)22-13-24(40-18(3)35)31(6)27(29(22,4)10-9-23(30)39-17(2)34)26(36)25-21(42-31)12-20(41-28(25)37)19-8-7-11-32-14-19/h7-8,11-12,14,22-24,26-27,36H,9-10,13,15H2,1-6H3/t22-,23+,24+,26+,27-,29+,30?,31-/m1/s1. The van der Waals surface area contributed by atoms with Crippen molar-refractivity contribution < 1.29 is 42.9 Å². The van der Waals surface area contributed by atoms with Crippen LogP contribution in [0.3, 0.4) is 0 Å². The lowest BCUT2D eigenvalue weighted by Crippen LogP contribution is -2.71. The lowest BCUT2D eigenvalue weighted by atomic mass is 9.42. The van der Waals surface area contributed by atoms with E-state index >= 15 is 0 Å². The first-order valence-corrected chi connectivity index (χ1v) is 14.1. The SMILES string of the molecule is CC(=O)OCC1(C)[C@@H](OC(C)=O)CC[C@]2(C)[C@H]3[C@@H](O)c4c(cc(-c5cccnc5)oc4=O)O[C@]3(C)[C@@H](OC(C)=O)C[C@@H]12. The Kier molecular flexibility index (Phi) is 7.45. The van der Waals surface area contributed by atoms with E-state index in [0.29, 0.717) is 18.4 Å². The number of aliphatic hydroxyl groups is 1. The minimum Gasteiger partial charge on any atom is -0.482 e. The van der Waals surface area contributed by atoms with E-state index in [1.54, 1.807) is 37.5 Å². The normalized spacial score (nSPS) is 35.0. The minimum absolute atomic E-state index is 0.0163. The van der Waals surface area contributed by atoms with Gasteiger partial charge in [0.05, 0.1) is 6.10 Å². The van der Waals surface area contributed by atoms with Crippen LogP contribution in [-0.2, 0) is 28.6 Å². The second-order valence-electron chi connectivity index (χ2n) is 12.4. The molecule has 0 radical (unpaired) electrons. The Labute approximate surface area is 243 Å². The van der Waals surface area contributed by atoms with Gasteiger partial charge in [0, 0.05) is 56.1 Å². The van der Waals surface area contributed by atoms with Gasteiger partial charge in [0.15, 0.2) is 0 Å². The van der Waals surface area contributed by atoms with Crippen LogP contribution in [0.5, 0.6) is 5.75 Å². The van der Waals surface area contributed by atoms with Gasteiger partial charge in [-0.05, 0) is 49.7 Å². The fourth-order valence-electron chi connectivity index (χ4n) is 8.04. The van der Waals surface area contributed by atoms with Crippen molar-refractivity contribution in [1.82, 2.24) is 4.98 Å². The number of fused-ring (bicyclic) bond motifs is 4. The molecule has 2 fully saturated rings. The Morgan fingerprint density at radius 1 is 1.07 bits per heavy atom. The number of aromatic nitrogens is 1. The summed E-state index contributed by atoms with van der Waals surface area (Å²) in [5.74, 6) is -2.25. The average Bonchev–Trinajstić information content (AvgIpc) is 2.90. The molecule has 11 nitrogen and oxygen atoms in total. The largest absolute Gasteiger partial charge is 0.482 e. The van der Waals surface area contributed by atoms with Gasteiger partial charge in [-0.25, -0.2) is 4.79 Å². The van der Waals surface area contributed by atoms with Crippen molar-refractivity contribution in [2.75, 3.05) is 6.61 Å². The Bertz CT molecular complexity index is 1460. The summed E-state index contributed by atoms with van der Waals surface area (Å²) in [5, 5.41) is 12.1. The molecule has 11 heteroatoms. The van der Waals surface area contributed by atoms with Crippen LogP contribution in [-0.4, -0.2) is 52.4 Å². The lowest BCUT2D eigenvalue weighted by molar-refractivity contribution is -0.270. The molecule has 8 atom stereocenters. The molecule has 5 rings (SSSR count). The summed E-state index contributed by atoms with van der Waals surface area (Å²) >= 11 is 0. The van der Waals surface area contributed by atoms with E-state index in [2.05, 4.69) is 4.98 Å². The van der Waals surface area contributed by atoms with Crippen molar-refractivity contribution in [3.8, 4) is 17.1 Å². The number of ether oxygens (including phenoxy) is 4. The first-order chi connectivity index (χ1) is 19.7. The highest BCUT2D eigenvalue weighted by Crippen LogP contribution is 2.67. The molecule has 0 bridgehead atoms. The van der Waals surface area contributed by atoms with Gasteiger partial charge in [-0.3, -0.25) is 19.4 Å². The number of nitrogens with zero attached hydrogens (tertiary/aromatic N) is 1. The van der Waals surface area contributed by atoms with Gasteiger partial charge >= 0.3 is 23.5 Å². The maximum Gasteiger partial charge on any atom is 0.345 e. The van der Waals surface area contributed by atoms with E-state index in [4.69, 9.17) is 23.4 Å². The fraction of sp³-hybridized carbons (Fsp3) is 0.581. The molecule has 0 spiro atoms. The summed E-state index contributed by atoms with van der Waals surface area (Å²) in [5.41, 5.74) is -3.09. The second-order valence-corrected chi connectivity index (χ2v) is 12.4. The van der Waals surface area contributed by atoms with E-state index in [0.717, 1.165) is 0 Å². The Morgan fingerprint density at radius 2 is 1.76 bits per heavy atom. The van der Waals surface area contributed by atoms with Crippen molar-refractivity contribution in [1.29, 1.82) is 0 Å². The zero-order chi connectivity index (χ0) is 30.6. The van der Waals surface area contributed by atoms with Gasteiger partial charge in [0.2, 0.25) is 0 Å². The lowest BCUT2D eigenvalue weighted by Gasteiger charge is -2.66. The molecular weight excluding hydrogens is 546 g/mol. The van der Waals surface area contributed by atoms with E-state index in [-0.39, 0.29) is 36.0 Å². The number of hydrogen-bond acceptors (Lipinski definition) is 11. The molecule has 3 aliphatic rings. The van der Waals surface area contributed by atoms with E-state index in [1.807, 2.05) is 13.8 Å². The second kappa shape index (κ2) is 10.5. The van der Waals surface area contributed by atoms with Gasteiger partial charge in [-0.2, -0.15) is 0 Å². The van der Waals surface area contributed by atoms with E-state index < -0.39 is 64.2 Å². The summed E-state index contributed by atoms with van der Waals surface area (Å²) in [6.45, 7) is 9.56. The molecule has 0 aromatic carbocycles. The summed E-state index contributed by atoms with van der Waals surface area (Å²) in [7, 11) is 0. The highest BCUT2D eigenvalue weighted by atomic mass is 16.6. The Morgan fingerprint density at radius 3 is 2.38 bits per heavy atom. The fourth-order valence-corrected chi connectivity index (χ4v) is 8.04. The van der Waals surface area contributed by atoms with Crippen LogP contribution in [0.2, 0.25) is 0 Å². The van der Waals surface area contributed by atoms with Crippen LogP contribution in [0.4, 0.5) is 0 Å². The smallest absolute Gasteiger partial charge is 0.345 e.